The van der Waals surface area contributed by atoms with E-state index in [1.54, 1.807) is 18.3 Å². The zero-order valence-electron chi connectivity index (χ0n) is 8.56. The van der Waals surface area contributed by atoms with E-state index in [0.717, 1.165) is 5.69 Å². The van der Waals surface area contributed by atoms with Crippen LogP contribution in [0.3, 0.4) is 0 Å². The minimum Gasteiger partial charge on any atom is -0.289 e. The first-order chi connectivity index (χ1) is 8.16. The summed E-state index contributed by atoms with van der Waals surface area (Å²) >= 11 is 12.8. The van der Waals surface area contributed by atoms with Crippen molar-refractivity contribution >= 4 is 46.4 Å². The van der Waals surface area contributed by atoms with Crippen molar-refractivity contribution < 1.29 is 4.79 Å². The summed E-state index contributed by atoms with van der Waals surface area (Å²) in [5.41, 5.74) is 1.15. The lowest BCUT2D eigenvalue weighted by molar-refractivity contribution is 0.104. The minimum atomic E-state index is -0.177. The highest BCUT2D eigenvalue weighted by molar-refractivity contribution is 7.20. The predicted molar refractivity (Wildman–Crippen MR) is 71.9 cm³/mol. The van der Waals surface area contributed by atoms with Gasteiger partial charge in [0.1, 0.15) is 4.34 Å². The van der Waals surface area contributed by atoms with Gasteiger partial charge in [-0.3, -0.25) is 9.78 Å². The van der Waals surface area contributed by atoms with E-state index < -0.39 is 0 Å². The molecule has 2 nitrogen and oxygen atoms in total. The van der Waals surface area contributed by atoms with Gasteiger partial charge in [-0.25, -0.2) is 0 Å². The first-order valence-electron chi connectivity index (χ1n) is 4.75. The predicted octanol–water partition coefficient (Wildman–Crippen LogP) is 4.35. The summed E-state index contributed by atoms with van der Waals surface area (Å²) in [5, 5.41) is 0. The number of hydrogen-bond acceptors (Lipinski definition) is 3. The van der Waals surface area contributed by atoms with Gasteiger partial charge in [-0.05, 0) is 30.4 Å². The Bertz CT molecular complexity index is 563. The van der Waals surface area contributed by atoms with Crippen LogP contribution in [0.5, 0.6) is 0 Å². The third-order valence-corrected chi connectivity index (χ3v) is 3.50. The topological polar surface area (TPSA) is 30.0 Å². The van der Waals surface area contributed by atoms with E-state index in [2.05, 4.69) is 4.98 Å². The van der Waals surface area contributed by atoms with Gasteiger partial charge >= 0.3 is 0 Å². The Morgan fingerprint density at radius 1 is 1.35 bits per heavy atom. The fourth-order valence-corrected chi connectivity index (χ4v) is 2.71. The van der Waals surface area contributed by atoms with Crippen molar-refractivity contribution in [2.45, 2.75) is 0 Å². The van der Waals surface area contributed by atoms with E-state index in [1.165, 1.54) is 17.4 Å². The monoisotopic (exact) mass is 283 g/mol. The molecule has 2 rings (SSSR count). The summed E-state index contributed by atoms with van der Waals surface area (Å²) in [6.45, 7) is 0. The van der Waals surface area contributed by atoms with Crippen LogP contribution in [-0.4, -0.2) is 10.8 Å². The molecule has 0 unspecified atom stereocenters. The fraction of sp³-hybridized carbons (Fsp3) is 0. The van der Waals surface area contributed by atoms with Gasteiger partial charge in [0, 0.05) is 6.20 Å². The maximum absolute atomic E-state index is 11.8. The SMILES string of the molecule is O=C(/C=C/c1ccccn1)c1cc(Cl)sc1Cl. The summed E-state index contributed by atoms with van der Waals surface area (Å²) in [6, 6.07) is 7.05. The zero-order valence-corrected chi connectivity index (χ0v) is 10.9. The fourth-order valence-electron chi connectivity index (χ4n) is 1.23. The Kier molecular flexibility index (Phi) is 3.94. The Hall–Kier alpha value is -1.16. The molecule has 0 saturated heterocycles. The second kappa shape index (κ2) is 5.45. The van der Waals surface area contributed by atoms with Gasteiger partial charge in [0.25, 0.3) is 0 Å². The Labute approximate surface area is 113 Å². The van der Waals surface area contributed by atoms with Crippen molar-refractivity contribution in [1.82, 2.24) is 4.98 Å². The van der Waals surface area contributed by atoms with Crippen LogP contribution in [0.25, 0.3) is 6.08 Å². The molecule has 0 aromatic carbocycles. The van der Waals surface area contributed by atoms with Crippen molar-refractivity contribution in [1.29, 1.82) is 0 Å². The molecule has 2 aromatic rings. The number of ketones is 1. The van der Waals surface area contributed by atoms with Crippen molar-refractivity contribution in [2.24, 2.45) is 0 Å². The molecule has 0 amide bonds. The second-order valence-corrected chi connectivity index (χ2v) is 5.48. The van der Waals surface area contributed by atoms with Crippen LogP contribution in [0.1, 0.15) is 16.1 Å². The molecule has 0 N–H and O–H groups in total. The molecule has 2 heterocycles. The molecule has 0 saturated carbocycles. The third kappa shape index (κ3) is 3.16. The van der Waals surface area contributed by atoms with Crippen LogP contribution < -0.4 is 0 Å². The van der Waals surface area contributed by atoms with E-state index in [-0.39, 0.29) is 5.78 Å². The number of hydrogen-bond donors (Lipinski definition) is 0. The van der Waals surface area contributed by atoms with Crippen molar-refractivity contribution in [3.05, 3.63) is 56.5 Å². The van der Waals surface area contributed by atoms with E-state index in [9.17, 15) is 4.79 Å². The number of pyridine rings is 1. The van der Waals surface area contributed by atoms with Crippen LogP contribution >= 0.6 is 34.5 Å². The Balaban J connectivity index is 2.18. The lowest BCUT2D eigenvalue weighted by Gasteiger charge is -1.92. The molecule has 0 aliphatic carbocycles. The highest BCUT2D eigenvalue weighted by Gasteiger charge is 2.11. The smallest absolute Gasteiger partial charge is 0.188 e. The van der Waals surface area contributed by atoms with Crippen LogP contribution in [0, 0.1) is 0 Å². The number of halogens is 2. The number of allylic oxidation sites excluding steroid dienone is 1. The molecule has 0 aliphatic heterocycles. The molecule has 0 radical (unpaired) electrons. The molecule has 0 spiro atoms. The molecule has 5 heteroatoms. The van der Waals surface area contributed by atoms with Gasteiger partial charge in [-0.15, -0.1) is 11.3 Å². The molecule has 2 aromatic heterocycles. The summed E-state index contributed by atoms with van der Waals surface area (Å²) in [4.78, 5) is 15.9. The van der Waals surface area contributed by atoms with Crippen LogP contribution in [0.4, 0.5) is 0 Å². The van der Waals surface area contributed by atoms with Crippen LogP contribution in [0.2, 0.25) is 8.67 Å². The lowest BCUT2D eigenvalue weighted by Crippen LogP contribution is -1.92. The minimum absolute atomic E-state index is 0.177. The molecule has 0 atom stereocenters. The van der Waals surface area contributed by atoms with E-state index in [1.807, 2.05) is 18.2 Å². The normalized spacial score (nSPS) is 10.9. The number of thiophene rings is 1. The molecule has 0 bridgehead atoms. The molecule has 0 fully saturated rings. The van der Waals surface area contributed by atoms with Gasteiger partial charge in [0.2, 0.25) is 0 Å². The van der Waals surface area contributed by atoms with E-state index in [0.29, 0.717) is 14.2 Å². The average molecular weight is 284 g/mol. The van der Waals surface area contributed by atoms with Crippen molar-refractivity contribution in [2.75, 3.05) is 0 Å². The first kappa shape index (κ1) is 12.3. The molecule has 0 aliphatic rings. The number of nitrogens with zero attached hydrogens (tertiary/aromatic N) is 1. The summed E-state index contributed by atoms with van der Waals surface area (Å²) in [7, 11) is 0. The third-order valence-electron chi connectivity index (χ3n) is 2.02. The molecule has 17 heavy (non-hydrogen) atoms. The van der Waals surface area contributed by atoms with Crippen molar-refractivity contribution in [3.8, 4) is 0 Å². The quantitative estimate of drug-likeness (QED) is 0.619. The highest BCUT2D eigenvalue weighted by Crippen LogP contribution is 2.31. The summed E-state index contributed by atoms with van der Waals surface area (Å²) < 4.78 is 0.912. The molecular formula is C12H7Cl2NOS. The first-order valence-corrected chi connectivity index (χ1v) is 6.32. The van der Waals surface area contributed by atoms with Gasteiger partial charge in [0.05, 0.1) is 15.6 Å². The average Bonchev–Trinajstić information content (AvgIpc) is 2.67. The van der Waals surface area contributed by atoms with E-state index in [4.69, 9.17) is 23.2 Å². The van der Waals surface area contributed by atoms with Crippen molar-refractivity contribution in [3.63, 3.8) is 0 Å². The number of carbonyl (C=O) groups is 1. The molecular weight excluding hydrogens is 277 g/mol. The highest BCUT2D eigenvalue weighted by atomic mass is 35.5. The number of aromatic nitrogens is 1. The molecule has 86 valence electrons. The maximum atomic E-state index is 11.8. The zero-order chi connectivity index (χ0) is 12.3. The van der Waals surface area contributed by atoms with E-state index >= 15 is 0 Å². The van der Waals surface area contributed by atoms with Gasteiger partial charge < -0.3 is 0 Å². The maximum Gasteiger partial charge on any atom is 0.188 e. The number of carbonyl (C=O) groups excluding carboxylic acids is 1. The Morgan fingerprint density at radius 2 is 2.18 bits per heavy atom. The summed E-state index contributed by atoms with van der Waals surface area (Å²) in [6.07, 6.45) is 4.75. The summed E-state index contributed by atoms with van der Waals surface area (Å²) in [5.74, 6) is -0.177. The largest absolute Gasteiger partial charge is 0.289 e. The number of rotatable bonds is 3. The lowest BCUT2D eigenvalue weighted by atomic mass is 10.2. The van der Waals surface area contributed by atoms with Crippen LogP contribution in [-0.2, 0) is 0 Å². The van der Waals surface area contributed by atoms with Gasteiger partial charge in [-0.1, -0.05) is 29.3 Å². The van der Waals surface area contributed by atoms with Gasteiger partial charge in [0.15, 0.2) is 5.78 Å². The Morgan fingerprint density at radius 3 is 2.76 bits per heavy atom. The standard InChI is InChI=1S/C12H7Cl2NOS/c13-11-7-9(12(14)17-11)10(16)5-4-8-3-1-2-6-15-8/h1-7H/b5-4+. The van der Waals surface area contributed by atoms with Crippen LogP contribution in [0.15, 0.2) is 36.5 Å². The second-order valence-electron chi connectivity index (χ2n) is 3.19. The van der Waals surface area contributed by atoms with Gasteiger partial charge in [-0.2, -0.15) is 0 Å².